The van der Waals surface area contributed by atoms with Crippen molar-refractivity contribution in [3.8, 4) is 11.8 Å². The molecule has 0 saturated carbocycles. The summed E-state index contributed by atoms with van der Waals surface area (Å²) in [6.45, 7) is 9.46. The van der Waals surface area contributed by atoms with Crippen LogP contribution < -0.4 is 5.32 Å². The van der Waals surface area contributed by atoms with Crippen molar-refractivity contribution in [2.75, 3.05) is 26.2 Å². The van der Waals surface area contributed by atoms with Crippen molar-refractivity contribution in [1.29, 1.82) is 5.26 Å². The van der Waals surface area contributed by atoms with Gasteiger partial charge in [-0.3, -0.25) is 4.90 Å². The average molecular weight is 364 g/mol. The van der Waals surface area contributed by atoms with Crippen LogP contribution in [-0.2, 0) is 0 Å². The van der Waals surface area contributed by atoms with Gasteiger partial charge in [0.1, 0.15) is 0 Å². The number of nitrogens with zero attached hydrogens (tertiary/aromatic N) is 2. The molecule has 0 aliphatic carbocycles. The predicted molar refractivity (Wildman–Crippen MR) is 93.9 cm³/mol. The Morgan fingerprint density at radius 3 is 2.30 bits per heavy atom. The van der Waals surface area contributed by atoms with Gasteiger partial charge < -0.3 is 10.4 Å². The highest BCUT2D eigenvalue weighted by Crippen LogP contribution is 2.43. The third kappa shape index (κ3) is 4.71. The summed E-state index contributed by atoms with van der Waals surface area (Å²) in [6, 6.07) is 4.48. The summed E-state index contributed by atoms with van der Waals surface area (Å²) in [7, 11) is 0. The molecule has 0 amide bonds. The molecule has 1 aliphatic rings. The van der Waals surface area contributed by atoms with Gasteiger partial charge in [-0.05, 0) is 17.5 Å². The highest BCUT2D eigenvalue weighted by atomic mass is 35.5. The van der Waals surface area contributed by atoms with Gasteiger partial charge in [0, 0.05) is 37.8 Å². The Labute approximate surface area is 149 Å². The fourth-order valence-corrected chi connectivity index (χ4v) is 3.06. The summed E-state index contributed by atoms with van der Waals surface area (Å²) in [5, 5.41) is 22.8. The van der Waals surface area contributed by atoms with E-state index in [0.717, 1.165) is 32.2 Å². The van der Waals surface area contributed by atoms with Crippen molar-refractivity contribution in [1.82, 2.24) is 10.2 Å². The van der Waals surface area contributed by atoms with Crippen molar-refractivity contribution in [2.45, 2.75) is 26.8 Å². The van der Waals surface area contributed by atoms with Crippen LogP contribution in [0.1, 0.15) is 37.9 Å². The zero-order valence-electron chi connectivity index (χ0n) is 13.6. The average Bonchev–Trinajstić information content (AvgIpc) is 2.44. The molecule has 0 unspecified atom stereocenters. The molecule has 0 aromatic heterocycles. The van der Waals surface area contributed by atoms with Crippen LogP contribution in [0.3, 0.4) is 0 Å². The Hall–Kier alpha value is -1.06. The lowest BCUT2D eigenvalue weighted by atomic mass is 9.79. The lowest BCUT2D eigenvalue weighted by Crippen LogP contribution is -2.48. The van der Waals surface area contributed by atoms with Crippen LogP contribution >= 0.6 is 24.8 Å². The van der Waals surface area contributed by atoms with Gasteiger partial charge in [-0.25, -0.2) is 4.39 Å². The van der Waals surface area contributed by atoms with Gasteiger partial charge in [-0.2, -0.15) is 5.26 Å². The minimum Gasteiger partial charge on any atom is -0.505 e. The fraction of sp³-hybridized carbons (Fsp3) is 0.562. The highest BCUT2D eigenvalue weighted by Gasteiger charge is 2.36. The molecule has 4 nitrogen and oxygen atoms in total. The Kier molecular flexibility index (Phi) is 8.30. The van der Waals surface area contributed by atoms with E-state index in [-0.39, 0.29) is 36.3 Å². The summed E-state index contributed by atoms with van der Waals surface area (Å²) in [4.78, 5) is 2.21. The maximum Gasteiger partial charge on any atom is 0.165 e. The van der Waals surface area contributed by atoms with Crippen LogP contribution in [0.4, 0.5) is 4.39 Å². The van der Waals surface area contributed by atoms with Crippen LogP contribution in [0.25, 0.3) is 0 Å². The molecule has 1 aromatic rings. The van der Waals surface area contributed by atoms with E-state index in [2.05, 4.69) is 16.3 Å². The molecule has 1 aliphatic heterocycles. The molecule has 1 saturated heterocycles. The van der Waals surface area contributed by atoms with E-state index in [0.29, 0.717) is 11.1 Å². The van der Waals surface area contributed by atoms with Crippen LogP contribution in [0.5, 0.6) is 5.75 Å². The topological polar surface area (TPSA) is 59.3 Å². The Bertz CT molecular complexity index is 564. The highest BCUT2D eigenvalue weighted by molar-refractivity contribution is 5.85. The number of phenols is 1. The molecule has 7 heteroatoms. The van der Waals surface area contributed by atoms with Gasteiger partial charge in [-0.15, -0.1) is 24.8 Å². The van der Waals surface area contributed by atoms with Gasteiger partial charge >= 0.3 is 0 Å². The van der Waals surface area contributed by atoms with Gasteiger partial charge in [0.15, 0.2) is 11.6 Å². The first-order valence-corrected chi connectivity index (χ1v) is 7.22. The normalized spacial score (nSPS) is 16.7. The van der Waals surface area contributed by atoms with Crippen molar-refractivity contribution in [2.24, 2.45) is 5.41 Å². The van der Waals surface area contributed by atoms with E-state index in [1.165, 1.54) is 6.07 Å². The standard InChI is InChI=1S/C16H22FN3O.2ClH/c1-16(2,3)15(20-8-6-19-7-9-20)13-11(10-18)4-5-12(17)14(13)21;;/h4-5,15,19,21H,6-9H2,1-3H3;2*1H/t15-;;/m1../s1. The van der Waals surface area contributed by atoms with E-state index >= 15 is 0 Å². The molecule has 2 N–H and O–H groups in total. The minimum atomic E-state index is -0.673. The van der Waals surface area contributed by atoms with Crippen molar-refractivity contribution < 1.29 is 9.50 Å². The van der Waals surface area contributed by atoms with Crippen molar-refractivity contribution >= 4 is 24.8 Å². The van der Waals surface area contributed by atoms with Crippen LogP contribution in [0, 0.1) is 22.6 Å². The summed E-state index contributed by atoms with van der Waals surface area (Å²) in [5.74, 6) is -1.07. The van der Waals surface area contributed by atoms with Crippen LogP contribution in [-0.4, -0.2) is 36.2 Å². The van der Waals surface area contributed by atoms with Crippen LogP contribution in [0.2, 0.25) is 0 Å². The van der Waals surface area contributed by atoms with Gasteiger partial charge in [0.2, 0.25) is 0 Å². The smallest absolute Gasteiger partial charge is 0.165 e. The van der Waals surface area contributed by atoms with E-state index in [9.17, 15) is 14.8 Å². The molecule has 23 heavy (non-hydrogen) atoms. The summed E-state index contributed by atoms with van der Waals surface area (Å²) < 4.78 is 13.8. The molecule has 130 valence electrons. The van der Waals surface area contributed by atoms with Gasteiger partial charge in [-0.1, -0.05) is 20.8 Å². The van der Waals surface area contributed by atoms with E-state index in [1.54, 1.807) is 0 Å². The maximum atomic E-state index is 13.8. The van der Waals surface area contributed by atoms with Gasteiger partial charge in [0.05, 0.1) is 11.6 Å². The lowest BCUT2D eigenvalue weighted by Gasteiger charge is -2.43. The molecule has 1 atom stereocenters. The molecule has 0 radical (unpaired) electrons. The van der Waals surface area contributed by atoms with Crippen LogP contribution in [0.15, 0.2) is 12.1 Å². The van der Waals surface area contributed by atoms with E-state index in [1.807, 2.05) is 20.8 Å². The minimum absolute atomic E-state index is 0. The number of hydrogen-bond donors (Lipinski definition) is 2. The number of nitriles is 1. The Morgan fingerprint density at radius 1 is 1.26 bits per heavy atom. The number of phenolic OH excluding ortho intramolecular Hbond substituents is 1. The summed E-state index contributed by atoms with van der Waals surface area (Å²) in [6.07, 6.45) is 0. The summed E-state index contributed by atoms with van der Waals surface area (Å²) in [5.41, 5.74) is 0.521. The summed E-state index contributed by atoms with van der Waals surface area (Å²) >= 11 is 0. The SMILES string of the molecule is CC(C)(C)[C@@H](c1c(C#N)ccc(F)c1O)N1CCNCC1.Cl.Cl. The third-order valence-corrected chi connectivity index (χ3v) is 3.90. The lowest BCUT2D eigenvalue weighted by molar-refractivity contribution is 0.0836. The second kappa shape index (κ2) is 8.70. The third-order valence-electron chi connectivity index (χ3n) is 3.90. The molecule has 0 spiro atoms. The van der Waals surface area contributed by atoms with Gasteiger partial charge in [0.25, 0.3) is 0 Å². The number of piperazine rings is 1. The number of hydrogen-bond acceptors (Lipinski definition) is 4. The molecule has 1 heterocycles. The monoisotopic (exact) mass is 363 g/mol. The number of aromatic hydroxyl groups is 1. The second-order valence-electron chi connectivity index (χ2n) is 6.52. The molecule has 0 bridgehead atoms. The largest absolute Gasteiger partial charge is 0.505 e. The number of benzene rings is 1. The first-order chi connectivity index (χ1) is 9.86. The maximum absolute atomic E-state index is 13.8. The van der Waals surface area contributed by atoms with E-state index in [4.69, 9.17) is 0 Å². The first-order valence-electron chi connectivity index (χ1n) is 7.22. The Balaban J connectivity index is 0.00000242. The number of rotatable bonds is 2. The fourth-order valence-electron chi connectivity index (χ4n) is 3.06. The molecule has 2 rings (SSSR count). The number of halogens is 3. The predicted octanol–water partition coefficient (Wildman–Crippen LogP) is 3.24. The molecular formula is C16H24Cl2FN3O. The zero-order chi connectivity index (χ0) is 15.6. The first kappa shape index (κ1) is 21.9. The zero-order valence-corrected chi connectivity index (χ0v) is 15.2. The number of nitrogens with one attached hydrogen (secondary N) is 1. The molecule has 1 aromatic carbocycles. The second-order valence-corrected chi connectivity index (χ2v) is 6.52. The Morgan fingerprint density at radius 2 is 1.83 bits per heavy atom. The van der Waals surface area contributed by atoms with Crippen molar-refractivity contribution in [3.63, 3.8) is 0 Å². The van der Waals surface area contributed by atoms with E-state index < -0.39 is 11.6 Å². The van der Waals surface area contributed by atoms with Crippen molar-refractivity contribution in [3.05, 3.63) is 29.1 Å². The quantitative estimate of drug-likeness (QED) is 0.846. The molecule has 1 fully saturated rings. The molecular weight excluding hydrogens is 340 g/mol.